The van der Waals surface area contributed by atoms with Crippen molar-refractivity contribution in [1.82, 2.24) is 19.5 Å². The molecule has 3 heterocycles. The van der Waals surface area contributed by atoms with Gasteiger partial charge < -0.3 is 4.90 Å². The molecular weight excluding hydrogens is 352 g/mol. The summed E-state index contributed by atoms with van der Waals surface area (Å²) in [5.41, 5.74) is 0.126. The van der Waals surface area contributed by atoms with Crippen LogP contribution in [-0.2, 0) is 6.54 Å². The van der Waals surface area contributed by atoms with Gasteiger partial charge in [-0.15, -0.1) is 0 Å². The van der Waals surface area contributed by atoms with Gasteiger partial charge in [0, 0.05) is 43.4 Å². The molecule has 1 aliphatic carbocycles. The SMILES string of the molecule is Cc1cc(N2CCC(Cn3cnc(C(F)F)cc3=O)CC2)nc(C2CC2)n1. The van der Waals surface area contributed by atoms with Gasteiger partial charge in [0.2, 0.25) is 0 Å². The lowest BCUT2D eigenvalue weighted by Gasteiger charge is -2.33. The van der Waals surface area contributed by atoms with E-state index in [0.717, 1.165) is 49.3 Å². The molecule has 0 amide bonds. The van der Waals surface area contributed by atoms with Crippen molar-refractivity contribution in [2.24, 2.45) is 5.92 Å². The molecule has 0 radical (unpaired) electrons. The first kappa shape index (κ1) is 18.0. The van der Waals surface area contributed by atoms with Gasteiger partial charge in [-0.1, -0.05) is 0 Å². The lowest BCUT2D eigenvalue weighted by molar-refractivity contribution is 0.145. The van der Waals surface area contributed by atoms with Crippen molar-refractivity contribution in [2.45, 2.75) is 51.5 Å². The van der Waals surface area contributed by atoms with Crippen molar-refractivity contribution in [2.75, 3.05) is 18.0 Å². The summed E-state index contributed by atoms with van der Waals surface area (Å²) in [7, 11) is 0. The van der Waals surface area contributed by atoms with E-state index in [1.165, 1.54) is 23.7 Å². The Bertz CT molecular complexity index is 873. The lowest BCUT2D eigenvalue weighted by atomic mass is 9.96. The van der Waals surface area contributed by atoms with Gasteiger partial charge in [-0.05, 0) is 38.5 Å². The maximum absolute atomic E-state index is 12.6. The van der Waals surface area contributed by atoms with E-state index < -0.39 is 17.7 Å². The molecule has 144 valence electrons. The summed E-state index contributed by atoms with van der Waals surface area (Å²) in [6.07, 6.45) is 2.73. The highest BCUT2D eigenvalue weighted by Gasteiger charge is 2.28. The average molecular weight is 375 g/mol. The third-order valence-corrected chi connectivity index (χ3v) is 5.32. The molecule has 0 N–H and O–H groups in total. The minimum atomic E-state index is -2.72. The van der Waals surface area contributed by atoms with E-state index >= 15 is 0 Å². The fraction of sp³-hybridized carbons (Fsp3) is 0.579. The van der Waals surface area contributed by atoms with E-state index in [0.29, 0.717) is 18.4 Å². The summed E-state index contributed by atoms with van der Waals surface area (Å²) in [6.45, 7) is 4.25. The highest BCUT2D eigenvalue weighted by Crippen LogP contribution is 2.38. The molecule has 8 heteroatoms. The minimum absolute atomic E-state index is 0.323. The van der Waals surface area contributed by atoms with Crippen LogP contribution in [0.2, 0.25) is 0 Å². The number of rotatable bonds is 5. The first-order chi connectivity index (χ1) is 13.0. The smallest absolute Gasteiger partial charge is 0.280 e. The molecule has 2 aliphatic rings. The van der Waals surface area contributed by atoms with Crippen LogP contribution in [0.4, 0.5) is 14.6 Å². The molecule has 6 nitrogen and oxygen atoms in total. The van der Waals surface area contributed by atoms with E-state index in [-0.39, 0.29) is 0 Å². The van der Waals surface area contributed by atoms with Crippen molar-refractivity contribution in [3.8, 4) is 0 Å². The summed E-state index contributed by atoms with van der Waals surface area (Å²) in [6, 6.07) is 2.96. The van der Waals surface area contributed by atoms with Gasteiger partial charge in [0.25, 0.3) is 12.0 Å². The zero-order valence-electron chi connectivity index (χ0n) is 15.3. The van der Waals surface area contributed by atoms with Crippen LogP contribution in [0.15, 0.2) is 23.3 Å². The largest absolute Gasteiger partial charge is 0.356 e. The number of hydrogen-bond donors (Lipinski definition) is 0. The molecule has 2 aromatic heterocycles. The van der Waals surface area contributed by atoms with Crippen LogP contribution in [0.1, 0.15) is 55.2 Å². The van der Waals surface area contributed by atoms with Crippen molar-refractivity contribution in [1.29, 1.82) is 0 Å². The summed E-state index contributed by atoms with van der Waals surface area (Å²) in [5.74, 6) is 2.80. The van der Waals surface area contributed by atoms with Crippen LogP contribution in [0.5, 0.6) is 0 Å². The van der Waals surface area contributed by atoms with Crippen LogP contribution in [0.3, 0.4) is 0 Å². The third kappa shape index (κ3) is 4.14. The standard InChI is InChI=1S/C19H23F2N5O/c1-12-8-16(24-19(23-12)14-2-3-14)25-6-4-13(5-7-25)10-26-11-22-15(18(20)21)9-17(26)27/h8-9,11,13-14,18H,2-7,10H2,1H3. The summed E-state index contributed by atoms with van der Waals surface area (Å²) in [4.78, 5) is 27.3. The molecule has 0 aromatic carbocycles. The fourth-order valence-corrected chi connectivity index (χ4v) is 3.58. The molecule has 1 saturated heterocycles. The van der Waals surface area contributed by atoms with Gasteiger partial charge in [-0.25, -0.2) is 23.7 Å². The first-order valence-corrected chi connectivity index (χ1v) is 9.44. The Hall–Kier alpha value is -2.38. The Morgan fingerprint density at radius 1 is 1.15 bits per heavy atom. The number of hydrogen-bond acceptors (Lipinski definition) is 5. The molecule has 0 bridgehead atoms. The Balaban J connectivity index is 1.39. The number of aryl methyl sites for hydroxylation is 1. The quantitative estimate of drug-likeness (QED) is 0.804. The van der Waals surface area contributed by atoms with E-state index in [4.69, 9.17) is 4.98 Å². The number of nitrogens with zero attached hydrogens (tertiary/aromatic N) is 5. The number of aromatic nitrogens is 4. The predicted octanol–water partition coefficient (Wildman–Crippen LogP) is 3.07. The van der Waals surface area contributed by atoms with Gasteiger partial charge in [-0.2, -0.15) is 0 Å². The topological polar surface area (TPSA) is 63.9 Å². The maximum Gasteiger partial charge on any atom is 0.280 e. The molecule has 4 rings (SSSR count). The summed E-state index contributed by atoms with van der Waals surface area (Å²) in [5, 5.41) is 0. The number of anilines is 1. The highest BCUT2D eigenvalue weighted by atomic mass is 19.3. The van der Waals surface area contributed by atoms with Crippen molar-refractivity contribution in [3.63, 3.8) is 0 Å². The molecule has 1 saturated carbocycles. The maximum atomic E-state index is 12.6. The van der Waals surface area contributed by atoms with Crippen LogP contribution < -0.4 is 10.5 Å². The zero-order chi connectivity index (χ0) is 19.0. The van der Waals surface area contributed by atoms with Crippen molar-refractivity contribution >= 4 is 5.82 Å². The lowest BCUT2D eigenvalue weighted by Crippen LogP contribution is -2.37. The molecule has 2 fully saturated rings. The highest BCUT2D eigenvalue weighted by molar-refractivity contribution is 5.40. The van der Waals surface area contributed by atoms with Gasteiger partial charge in [-0.3, -0.25) is 9.36 Å². The van der Waals surface area contributed by atoms with E-state index in [1.54, 1.807) is 0 Å². The Morgan fingerprint density at radius 2 is 1.89 bits per heavy atom. The second kappa shape index (κ2) is 7.32. The Morgan fingerprint density at radius 3 is 2.52 bits per heavy atom. The summed E-state index contributed by atoms with van der Waals surface area (Å²) < 4.78 is 26.7. The van der Waals surface area contributed by atoms with Crippen LogP contribution in [0.25, 0.3) is 0 Å². The van der Waals surface area contributed by atoms with Crippen LogP contribution in [0, 0.1) is 12.8 Å². The molecule has 0 atom stereocenters. The van der Waals surface area contributed by atoms with Crippen molar-refractivity contribution < 1.29 is 8.78 Å². The molecule has 1 aliphatic heterocycles. The van der Waals surface area contributed by atoms with Gasteiger partial charge >= 0.3 is 0 Å². The second-order valence-corrected chi connectivity index (χ2v) is 7.54. The number of alkyl halides is 2. The van der Waals surface area contributed by atoms with Crippen LogP contribution in [-0.4, -0.2) is 32.6 Å². The second-order valence-electron chi connectivity index (χ2n) is 7.54. The van der Waals surface area contributed by atoms with E-state index in [1.807, 2.05) is 13.0 Å². The zero-order valence-corrected chi connectivity index (χ0v) is 15.3. The fourth-order valence-electron chi connectivity index (χ4n) is 3.58. The molecule has 0 spiro atoms. The van der Waals surface area contributed by atoms with Crippen molar-refractivity contribution in [3.05, 3.63) is 46.0 Å². The number of piperidine rings is 1. The summed E-state index contributed by atoms with van der Waals surface area (Å²) >= 11 is 0. The van der Waals surface area contributed by atoms with Crippen LogP contribution >= 0.6 is 0 Å². The average Bonchev–Trinajstić information content (AvgIpc) is 3.48. The Kier molecular flexibility index (Phi) is 4.88. The molecule has 27 heavy (non-hydrogen) atoms. The monoisotopic (exact) mass is 375 g/mol. The minimum Gasteiger partial charge on any atom is -0.356 e. The molecular formula is C19H23F2N5O. The Labute approximate surface area is 156 Å². The third-order valence-electron chi connectivity index (χ3n) is 5.32. The first-order valence-electron chi connectivity index (χ1n) is 9.44. The molecule has 2 aromatic rings. The van der Waals surface area contributed by atoms with Gasteiger partial charge in [0.15, 0.2) is 0 Å². The normalized spacial score (nSPS) is 18.3. The number of halogens is 2. The van der Waals surface area contributed by atoms with Gasteiger partial charge in [0.1, 0.15) is 17.3 Å². The molecule has 0 unspecified atom stereocenters. The predicted molar refractivity (Wildman–Crippen MR) is 97.1 cm³/mol. The van der Waals surface area contributed by atoms with E-state index in [9.17, 15) is 13.6 Å². The van der Waals surface area contributed by atoms with Gasteiger partial charge in [0.05, 0.1) is 6.33 Å². The van der Waals surface area contributed by atoms with E-state index in [2.05, 4.69) is 14.9 Å².